The summed E-state index contributed by atoms with van der Waals surface area (Å²) in [7, 11) is 0. The molecule has 0 fully saturated rings. The topological polar surface area (TPSA) is 0 Å². The molecular weight excluding hydrogens is 264 g/mol. The smallest absolute Gasteiger partial charge is 0.00300 e. The summed E-state index contributed by atoms with van der Waals surface area (Å²) >= 11 is 0. The molecule has 0 atom stereocenters. The minimum Gasteiger partial charge on any atom is -0.0984 e. The van der Waals surface area contributed by atoms with Crippen LogP contribution in [0.4, 0.5) is 0 Å². The summed E-state index contributed by atoms with van der Waals surface area (Å²) in [6.07, 6.45) is 4.81. The lowest BCUT2D eigenvalue weighted by Crippen LogP contribution is -2.25. The zero-order chi connectivity index (χ0) is 15.9. The molecule has 0 aliphatic heterocycles. The van der Waals surface area contributed by atoms with Gasteiger partial charge in [0, 0.05) is 0 Å². The highest BCUT2D eigenvalue weighted by atomic mass is 14.1. The maximum atomic E-state index is 4.31. The first-order valence-electron chi connectivity index (χ1n) is 7.57. The molecule has 0 bridgehead atoms. The highest BCUT2D eigenvalue weighted by molar-refractivity contribution is 6.12. The van der Waals surface area contributed by atoms with Gasteiger partial charge in [-0.2, -0.15) is 0 Å². The van der Waals surface area contributed by atoms with Gasteiger partial charge in [-0.15, -0.1) is 0 Å². The molecule has 0 radical (unpaired) electrons. The second kappa shape index (κ2) is 5.31. The fourth-order valence-electron chi connectivity index (χ4n) is 3.36. The number of aryl methyl sites for hydroxylation is 1. The molecule has 0 spiro atoms. The first-order chi connectivity index (χ1) is 10.6. The molecule has 0 nitrogen and oxygen atoms in total. The van der Waals surface area contributed by atoms with Gasteiger partial charge in [0.1, 0.15) is 0 Å². The Morgan fingerprint density at radius 1 is 0.864 bits per heavy atom. The van der Waals surface area contributed by atoms with Crippen molar-refractivity contribution in [3.05, 3.63) is 70.6 Å². The summed E-state index contributed by atoms with van der Waals surface area (Å²) in [4.78, 5) is 0. The van der Waals surface area contributed by atoms with Gasteiger partial charge in [-0.3, -0.25) is 0 Å². The number of fused-ring (bicyclic) bond motifs is 3. The molecule has 0 amide bonds. The van der Waals surface area contributed by atoms with Gasteiger partial charge >= 0.3 is 0 Å². The molecule has 3 aromatic carbocycles. The van der Waals surface area contributed by atoms with Gasteiger partial charge in [-0.25, -0.2) is 0 Å². The third-order valence-electron chi connectivity index (χ3n) is 4.50. The number of benzene rings is 3. The first kappa shape index (κ1) is 14.3. The van der Waals surface area contributed by atoms with E-state index in [-0.39, 0.29) is 0 Å². The summed E-state index contributed by atoms with van der Waals surface area (Å²) in [6, 6.07) is 10.7. The van der Waals surface area contributed by atoms with Gasteiger partial charge in [0.2, 0.25) is 0 Å². The van der Waals surface area contributed by atoms with Crippen LogP contribution in [0.25, 0.3) is 46.9 Å². The van der Waals surface area contributed by atoms with Crippen LogP contribution in [0, 0.1) is 0 Å². The highest BCUT2D eigenvalue weighted by Gasteiger charge is 2.10. The maximum absolute atomic E-state index is 4.31. The van der Waals surface area contributed by atoms with Gasteiger partial charge in [0.15, 0.2) is 0 Å². The zero-order valence-corrected chi connectivity index (χ0v) is 13.1. The van der Waals surface area contributed by atoms with E-state index in [4.69, 9.17) is 0 Å². The van der Waals surface area contributed by atoms with Crippen LogP contribution in [-0.4, -0.2) is 0 Å². The summed E-state index contributed by atoms with van der Waals surface area (Å²) < 4.78 is 0. The molecule has 0 N–H and O–H groups in total. The standard InChI is InChI=1S/C22H20/c1-6-16-12-13-20-19-11-9-10-17(7-2)21(19)14(4)15(5)22(20)18(16)8-3/h7-13H,2-6H2,1H3. The van der Waals surface area contributed by atoms with Crippen molar-refractivity contribution in [1.82, 2.24) is 0 Å². The molecule has 3 aromatic rings. The summed E-state index contributed by atoms with van der Waals surface area (Å²) in [5.41, 5.74) is 3.58. The van der Waals surface area contributed by atoms with E-state index in [9.17, 15) is 0 Å². The minimum absolute atomic E-state index is 0.980. The SMILES string of the molecule is C=Cc1cccc2c1c(=C)c(=C)c1c(C=C)c(CC)ccc12. The van der Waals surface area contributed by atoms with Crippen molar-refractivity contribution in [2.45, 2.75) is 13.3 Å². The average Bonchev–Trinajstić information content (AvgIpc) is 2.57. The minimum atomic E-state index is 0.980. The van der Waals surface area contributed by atoms with E-state index in [2.05, 4.69) is 63.6 Å². The van der Waals surface area contributed by atoms with E-state index >= 15 is 0 Å². The van der Waals surface area contributed by atoms with Crippen LogP contribution in [0.1, 0.15) is 23.6 Å². The number of hydrogen-bond acceptors (Lipinski definition) is 0. The van der Waals surface area contributed by atoms with Crippen LogP contribution in [-0.2, 0) is 6.42 Å². The number of hydrogen-bond donors (Lipinski definition) is 0. The van der Waals surface area contributed by atoms with E-state index in [1.807, 2.05) is 12.2 Å². The van der Waals surface area contributed by atoms with Crippen molar-refractivity contribution in [2.24, 2.45) is 0 Å². The maximum Gasteiger partial charge on any atom is -0.00300 e. The van der Waals surface area contributed by atoms with Crippen LogP contribution < -0.4 is 10.4 Å². The molecule has 108 valence electrons. The molecule has 0 heterocycles. The van der Waals surface area contributed by atoms with E-state index in [1.54, 1.807) is 0 Å². The predicted octanol–water partition coefficient (Wildman–Crippen LogP) is 4.66. The monoisotopic (exact) mass is 284 g/mol. The van der Waals surface area contributed by atoms with Crippen molar-refractivity contribution in [1.29, 1.82) is 0 Å². The Morgan fingerprint density at radius 3 is 2.18 bits per heavy atom. The van der Waals surface area contributed by atoms with E-state index in [1.165, 1.54) is 27.3 Å². The summed E-state index contributed by atoms with van der Waals surface area (Å²) in [5, 5.41) is 6.71. The normalized spacial score (nSPS) is 11.0. The molecule has 0 aromatic heterocycles. The summed E-state index contributed by atoms with van der Waals surface area (Å²) in [5.74, 6) is 0. The fourth-order valence-corrected chi connectivity index (χ4v) is 3.36. The van der Waals surface area contributed by atoms with Crippen LogP contribution in [0.3, 0.4) is 0 Å². The Bertz CT molecular complexity index is 1020. The Balaban J connectivity index is 2.73. The largest absolute Gasteiger partial charge is 0.0984 e. The molecule has 3 rings (SSSR count). The lowest BCUT2D eigenvalue weighted by molar-refractivity contribution is 1.14. The van der Waals surface area contributed by atoms with Crippen LogP contribution >= 0.6 is 0 Å². The van der Waals surface area contributed by atoms with Crippen molar-refractivity contribution in [3.8, 4) is 0 Å². The quantitative estimate of drug-likeness (QED) is 0.614. The van der Waals surface area contributed by atoms with Crippen molar-refractivity contribution >= 4 is 46.9 Å². The van der Waals surface area contributed by atoms with Gasteiger partial charge in [0.05, 0.1) is 0 Å². The van der Waals surface area contributed by atoms with E-state index in [0.717, 1.165) is 27.8 Å². The molecule has 0 aliphatic rings. The third-order valence-corrected chi connectivity index (χ3v) is 4.50. The second-order valence-electron chi connectivity index (χ2n) is 5.55. The second-order valence-corrected chi connectivity index (χ2v) is 5.55. The Hall–Kier alpha value is -2.60. The lowest BCUT2D eigenvalue weighted by atomic mass is 9.90. The van der Waals surface area contributed by atoms with Gasteiger partial charge in [-0.1, -0.05) is 75.7 Å². The van der Waals surface area contributed by atoms with Crippen LogP contribution in [0.15, 0.2) is 43.5 Å². The molecule has 0 saturated heterocycles. The van der Waals surface area contributed by atoms with Gasteiger partial charge in [0.25, 0.3) is 0 Å². The first-order valence-corrected chi connectivity index (χ1v) is 7.57. The van der Waals surface area contributed by atoms with Gasteiger partial charge in [-0.05, 0) is 55.1 Å². The Morgan fingerprint density at radius 2 is 1.55 bits per heavy atom. The molecule has 0 unspecified atom stereocenters. The Kier molecular flexibility index (Phi) is 3.46. The van der Waals surface area contributed by atoms with Crippen LogP contribution in [0.2, 0.25) is 0 Å². The van der Waals surface area contributed by atoms with E-state index < -0.39 is 0 Å². The summed E-state index contributed by atoms with van der Waals surface area (Å²) in [6.45, 7) is 18.7. The molecule has 0 saturated carbocycles. The highest BCUT2D eigenvalue weighted by Crippen LogP contribution is 2.28. The molecule has 22 heavy (non-hydrogen) atoms. The fraction of sp³-hybridized carbons (Fsp3) is 0.0909. The molecular formula is C22H20. The van der Waals surface area contributed by atoms with Gasteiger partial charge < -0.3 is 0 Å². The van der Waals surface area contributed by atoms with Crippen molar-refractivity contribution in [3.63, 3.8) is 0 Å². The predicted molar refractivity (Wildman–Crippen MR) is 101 cm³/mol. The number of rotatable bonds is 3. The average molecular weight is 284 g/mol. The molecule has 0 heteroatoms. The lowest BCUT2D eigenvalue weighted by Gasteiger charge is -2.13. The third kappa shape index (κ3) is 1.84. The van der Waals surface area contributed by atoms with E-state index in [0.29, 0.717) is 0 Å². The Labute approximate surface area is 131 Å². The zero-order valence-electron chi connectivity index (χ0n) is 13.1. The van der Waals surface area contributed by atoms with Crippen molar-refractivity contribution in [2.75, 3.05) is 0 Å². The molecule has 0 aliphatic carbocycles. The van der Waals surface area contributed by atoms with Crippen molar-refractivity contribution < 1.29 is 0 Å². The van der Waals surface area contributed by atoms with Crippen LogP contribution in [0.5, 0.6) is 0 Å².